The van der Waals surface area contributed by atoms with Crippen LogP contribution in [-0.4, -0.2) is 12.6 Å². The van der Waals surface area contributed by atoms with Crippen LogP contribution >= 0.6 is 0 Å². The molecule has 0 bridgehead atoms. The maximum Gasteiger partial charge on any atom is 0.311 e. The predicted molar refractivity (Wildman–Crippen MR) is 74.4 cm³/mol. The summed E-state index contributed by atoms with van der Waals surface area (Å²) in [6.07, 6.45) is 4.31. The lowest BCUT2D eigenvalue weighted by Gasteiger charge is -2.16. The van der Waals surface area contributed by atoms with Crippen LogP contribution in [0, 0.1) is 5.41 Å². The van der Waals surface area contributed by atoms with E-state index in [1.807, 2.05) is 26.8 Å². The summed E-state index contributed by atoms with van der Waals surface area (Å²) in [7, 11) is 0. The first-order valence-electron chi connectivity index (χ1n) is 6.71. The molecule has 0 atom stereocenters. The molecule has 0 aromatic heterocycles. The molecule has 0 fully saturated rings. The van der Waals surface area contributed by atoms with Gasteiger partial charge in [-0.3, -0.25) is 4.79 Å². The molecule has 0 aliphatic carbocycles. The average Bonchev–Trinajstić information content (AvgIpc) is 2.33. The highest BCUT2D eigenvalue weighted by atomic mass is 16.5. The van der Waals surface area contributed by atoms with Crippen LogP contribution in [0.15, 0.2) is 30.3 Å². The normalized spacial score (nSPS) is 11.3. The standard InChI is InChI=1S/C16H24O2/c1-16(2,3)15(17)18-13-9-5-8-12-14-10-6-4-7-11-14/h4,6-7,10-11H,5,8-9,12-13H2,1-3H3. The second kappa shape index (κ2) is 7.20. The monoisotopic (exact) mass is 248 g/mol. The Hall–Kier alpha value is -1.31. The molecule has 0 spiro atoms. The number of carbonyl (C=O) groups excluding carboxylic acids is 1. The molecule has 2 heteroatoms. The van der Waals surface area contributed by atoms with E-state index in [1.54, 1.807) is 0 Å². The highest BCUT2D eigenvalue weighted by molar-refractivity contribution is 5.75. The van der Waals surface area contributed by atoms with Gasteiger partial charge in [0.05, 0.1) is 12.0 Å². The third-order valence-electron chi connectivity index (χ3n) is 2.80. The van der Waals surface area contributed by atoms with Crippen molar-refractivity contribution in [2.24, 2.45) is 5.41 Å². The van der Waals surface area contributed by atoms with Crippen molar-refractivity contribution in [3.05, 3.63) is 35.9 Å². The number of ether oxygens (including phenoxy) is 1. The Morgan fingerprint density at radius 2 is 1.72 bits per heavy atom. The molecule has 100 valence electrons. The van der Waals surface area contributed by atoms with Gasteiger partial charge in [-0.05, 0) is 52.0 Å². The molecule has 1 rings (SSSR count). The first-order chi connectivity index (χ1) is 8.50. The number of rotatable bonds is 6. The molecular weight excluding hydrogens is 224 g/mol. The summed E-state index contributed by atoms with van der Waals surface area (Å²) in [4.78, 5) is 11.5. The van der Waals surface area contributed by atoms with Gasteiger partial charge in [-0.1, -0.05) is 30.3 Å². The van der Waals surface area contributed by atoms with E-state index in [4.69, 9.17) is 4.74 Å². The molecule has 1 aromatic rings. The molecule has 2 nitrogen and oxygen atoms in total. The number of carbonyl (C=O) groups is 1. The van der Waals surface area contributed by atoms with Gasteiger partial charge in [0, 0.05) is 0 Å². The molecule has 0 saturated carbocycles. The summed E-state index contributed by atoms with van der Waals surface area (Å²) in [6, 6.07) is 10.5. The number of hydrogen-bond acceptors (Lipinski definition) is 2. The van der Waals surface area contributed by atoms with Gasteiger partial charge >= 0.3 is 5.97 Å². The van der Waals surface area contributed by atoms with E-state index in [-0.39, 0.29) is 11.4 Å². The van der Waals surface area contributed by atoms with Crippen molar-refractivity contribution in [3.63, 3.8) is 0 Å². The summed E-state index contributed by atoms with van der Waals surface area (Å²) in [5.74, 6) is -0.106. The minimum Gasteiger partial charge on any atom is -0.465 e. The van der Waals surface area contributed by atoms with Crippen molar-refractivity contribution >= 4 is 5.97 Å². The number of hydrogen-bond donors (Lipinski definition) is 0. The molecule has 1 aromatic carbocycles. The van der Waals surface area contributed by atoms with Crippen LogP contribution < -0.4 is 0 Å². The Kier molecular flexibility index (Phi) is 5.90. The van der Waals surface area contributed by atoms with Gasteiger partial charge < -0.3 is 4.74 Å². The number of benzene rings is 1. The van der Waals surface area contributed by atoms with Crippen LogP contribution in [0.25, 0.3) is 0 Å². The molecule has 0 N–H and O–H groups in total. The van der Waals surface area contributed by atoms with Crippen LogP contribution in [0.3, 0.4) is 0 Å². The fourth-order valence-electron chi connectivity index (χ4n) is 1.63. The third-order valence-corrected chi connectivity index (χ3v) is 2.80. The van der Waals surface area contributed by atoms with E-state index < -0.39 is 0 Å². The zero-order valence-electron chi connectivity index (χ0n) is 11.7. The quantitative estimate of drug-likeness (QED) is 0.562. The van der Waals surface area contributed by atoms with E-state index in [1.165, 1.54) is 5.56 Å². The van der Waals surface area contributed by atoms with Crippen molar-refractivity contribution in [1.82, 2.24) is 0 Å². The second-order valence-corrected chi connectivity index (χ2v) is 5.68. The van der Waals surface area contributed by atoms with Gasteiger partial charge in [0.25, 0.3) is 0 Å². The molecule has 0 aliphatic heterocycles. The van der Waals surface area contributed by atoms with Gasteiger partial charge in [0.2, 0.25) is 0 Å². The molecule has 0 amide bonds. The SMILES string of the molecule is CC(C)(C)C(=O)OCCCCCc1ccccc1. The Labute approximate surface area is 110 Å². The van der Waals surface area contributed by atoms with Crippen molar-refractivity contribution in [1.29, 1.82) is 0 Å². The molecule has 0 saturated heterocycles. The summed E-state index contributed by atoms with van der Waals surface area (Å²) in [5.41, 5.74) is 0.994. The first kappa shape index (κ1) is 14.7. The van der Waals surface area contributed by atoms with Crippen LogP contribution in [0.4, 0.5) is 0 Å². The number of esters is 1. The average molecular weight is 248 g/mol. The third kappa shape index (κ3) is 5.85. The van der Waals surface area contributed by atoms with Crippen molar-refractivity contribution in [2.45, 2.75) is 46.5 Å². The smallest absolute Gasteiger partial charge is 0.311 e. The number of unbranched alkanes of at least 4 members (excludes halogenated alkanes) is 2. The lowest BCUT2D eigenvalue weighted by atomic mass is 9.97. The van der Waals surface area contributed by atoms with Gasteiger partial charge in [-0.15, -0.1) is 0 Å². The van der Waals surface area contributed by atoms with E-state index in [9.17, 15) is 4.79 Å². The Balaban J connectivity index is 2.05. The lowest BCUT2D eigenvalue weighted by Crippen LogP contribution is -2.23. The zero-order valence-corrected chi connectivity index (χ0v) is 11.7. The molecule has 0 heterocycles. The van der Waals surface area contributed by atoms with E-state index >= 15 is 0 Å². The summed E-state index contributed by atoms with van der Waals surface area (Å²) >= 11 is 0. The molecule has 18 heavy (non-hydrogen) atoms. The Morgan fingerprint density at radius 1 is 1.06 bits per heavy atom. The topological polar surface area (TPSA) is 26.3 Å². The van der Waals surface area contributed by atoms with Gasteiger partial charge in [0.1, 0.15) is 0 Å². The highest BCUT2D eigenvalue weighted by Gasteiger charge is 2.22. The summed E-state index contributed by atoms with van der Waals surface area (Å²) in [5, 5.41) is 0. The Morgan fingerprint density at radius 3 is 2.33 bits per heavy atom. The fourth-order valence-corrected chi connectivity index (χ4v) is 1.63. The summed E-state index contributed by atoms with van der Waals surface area (Å²) in [6.45, 7) is 6.19. The highest BCUT2D eigenvalue weighted by Crippen LogP contribution is 2.15. The largest absolute Gasteiger partial charge is 0.465 e. The van der Waals surface area contributed by atoms with Crippen LogP contribution in [0.2, 0.25) is 0 Å². The van der Waals surface area contributed by atoms with Crippen molar-refractivity contribution < 1.29 is 9.53 Å². The van der Waals surface area contributed by atoms with Gasteiger partial charge in [-0.25, -0.2) is 0 Å². The molecule has 0 aliphatic rings. The Bertz CT molecular complexity index is 349. The molecule has 0 unspecified atom stereocenters. The van der Waals surface area contributed by atoms with Crippen LogP contribution in [0.1, 0.15) is 45.6 Å². The van der Waals surface area contributed by atoms with Gasteiger partial charge in [-0.2, -0.15) is 0 Å². The van der Waals surface area contributed by atoms with E-state index in [0.29, 0.717) is 6.61 Å². The van der Waals surface area contributed by atoms with E-state index in [2.05, 4.69) is 24.3 Å². The fraction of sp³-hybridized carbons (Fsp3) is 0.562. The lowest BCUT2D eigenvalue weighted by molar-refractivity contribution is -0.153. The minimum atomic E-state index is -0.385. The van der Waals surface area contributed by atoms with Crippen LogP contribution in [-0.2, 0) is 16.0 Å². The van der Waals surface area contributed by atoms with Crippen molar-refractivity contribution in [3.8, 4) is 0 Å². The van der Waals surface area contributed by atoms with Gasteiger partial charge in [0.15, 0.2) is 0 Å². The minimum absolute atomic E-state index is 0.106. The van der Waals surface area contributed by atoms with Crippen molar-refractivity contribution in [2.75, 3.05) is 6.61 Å². The molecular formula is C16H24O2. The zero-order chi connectivity index (χ0) is 13.4. The molecule has 0 radical (unpaired) electrons. The predicted octanol–water partition coefficient (Wildman–Crippen LogP) is 3.99. The summed E-state index contributed by atoms with van der Waals surface area (Å²) < 4.78 is 5.22. The number of aryl methyl sites for hydroxylation is 1. The van der Waals surface area contributed by atoms with E-state index in [0.717, 1.165) is 25.7 Å². The first-order valence-corrected chi connectivity index (χ1v) is 6.71. The maximum absolute atomic E-state index is 11.5. The second-order valence-electron chi connectivity index (χ2n) is 5.68. The van der Waals surface area contributed by atoms with Crippen LogP contribution in [0.5, 0.6) is 0 Å². The maximum atomic E-state index is 11.5.